The van der Waals surface area contributed by atoms with E-state index in [4.69, 9.17) is 16.3 Å². The van der Waals surface area contributed by atoms with Gasteiger partial charge in [0.15, 0.2) is 0 Å². The zero-order valence-electron chi connectivity index (χ0n) is 19.4. The van der Waals surface area contributed by atoms with Crippen LogP contribution in [0.25, 0.3) is 0 Å². The number of thioether (sulfide) groups is 1. The van der Waals surface area contributed by atoms with Crippen LogP contribution in [-0.4, -0.2) is 41.7 Å². The van der Waals surface area contributed by atoms with Crippen LogP contribution in [0.4, 0.5) is 0 Å². The smallest absolute Gasteiger partial charge is 0.242 e. The van der Waals surface area contributed by atoms with Crippen molar-refractivity contribution in [2.75, 3.05) is 12.9 Å². The number of rotatable bonds is 10. The molecule has 1 aliphatic rings. The fourth-order valence-corrected chi connectivity index (χ4v) is 5.12. The number of halogens is 1. The number of carbonyl (C=O) groups excluding carboxylic acids is 2. The van der Waals surface area contributed by atoms with Crippen molar-refractivity contribution in [1.82, 2.24) is 10.2 Å². The molecule has 0 aromatic heterocycles. The Morgan fingerprint density at radius 1 is 1.12 bits per heavy atom. The van der Waals surface area contributed by atoms with Gasteiger partial charge in [-0.1, -0.05) is 55.1 Å². The first-order chi connectivity index (χ1) is 16.0. The Morgan fingerprint density at radius 3 is 2.52 bits per heavy atom. The molecule has 0 heterocycles. The molecule has 1 N–H and O–H groups in total. The minimum Gasteiger partial charge on any atom is -0.497 e. The van der Waals surface area contributed by atoms with Gasteiger partial charge in [-0.2, -0.15) is 0 Å². The van der Waals surface area contributed by atoms with Crippen LogP contribution in [0.1, 0.15) is 50.2 Å². The summed E-state index contributed by atoms with van der Waals surface area (Å²) in [5.74, 6) is 1.61. The van der Waals surface area contributed by atoms with E-state index in [9.17, 15) is 9.59 Å². The van der Waals surface area contributed by atoms with E-state index in [-0.39, 0.29) is 17.9 Å². The van der Waals surface area contributed by atoms with Gasteiger partial charge in [-0.15, -0.1) is 11.8 Å². The maximum absolute atomic E-state index is 13.2. The fourth-order valence-electron chi connectivity index (χ4n) is 4.04. The summed E-state index contributed by atoms with van der Waals surface area (Å²) in [5, 5.41) is 3.86. The Kier molecular flexibility index (Phi) is 9.95. The van der Waals surface area contributed by atoms with Crippen LogP contribution in [0.2, 0.25) is 5.02 Å². The van der Waals surface area contributed by atoms with Crippen molar-refractivity contribution < 1.29 is 14.3 Å². The summed E-state index contributed by atoms with van der Waals surface area (Å²) >= 11 is 7.60. The number of methoxy groups -OCH3 is 1. The molecule has 0 bridgehead atoms. The summed E-state index contributed by atoms with van der Waals surface area (Å²) in [6.07, 6.45) is 5.55. The normalized spacial score (nSPS) is 15.0. The van der Waals surface area contributed by atoms with Crippen molar-refractivity contribution >= 4 is 35.2 Å². The fraction of sp³-hybridized carbons (Fsp3) is 0.462. The van der Waals surface area contributed by atoms with Crippen molar-refractivity contribution in [3.05, 3.63) is 64.7 Å². The summed E-state index contributed by atoms with van der Waals surface area (Å²) in [5.41, 5.74) is 2.03. The molecule has 0 spiro atoms. The van der Waals surface area contributed by atoms with Gasteiger partial charge in [-0.25, -0.2) is 0 Å². The SMILES string of the molecule is COc1ccc(CN(C(=O)CSCc2cccc(Cl)c2)[C@@H](C)C(=O)NC2CCCCC2)cc1. The number of carbonyl (C=O) groups is 2. The van der Waals surface area contributed by atoms with Gasteiger partial charge in [0.1, 0.15) is 11.8 Å². The predicted octanol–water partition coefficient (Wildman–Crippen LogP) is 5.45. The molecule has 0 saturated heterocycles. The molecule has 1 fully saturated rings. The van der Waals surface area contributed by atoms with Crippen LogP contribution in [0, 0.1) is 0 Å². The number of hydrogen-bond acceptors (Lipinski definition) is 4. The van der Waals surface area contributed by atoms with Crippen LogP contribution in [-0.2, 0) is 21.9 Å². The van der Waals surface area contributed by atoms with E-state index in [1.165, 1.54) is 18.2 Å². The third-order valence-electron chi connectivity index (χ3n) is 6.01. The Bertz CT molecular complexity index is 916. The number of ether oxygens (including phenoxy) is 1. The molecule has 2 aromatic rings. The largest absolute Gasteiger partial charge is 0.497 e. The van der Waals surface area contributed by atoms with E-state index in [1.54, 1.807) is 12.0 Å². The first-order valence-corrected chi connectivity index (χ1v) is 13.0. The number of nitrogens with one attached hydrogen (secondary N) is 1. The van der Waals surface area contributed by atoms with Crippen molar-refractivity contribution in [3.63, 3.8) is 0 Å². The first kappa shape index (κ1) is 25.4. The zero-order valence-corrected chi connectivity index (χ0v) is 21.0. The molecule has 5 nitrogen and oxygen atoms in total. The van der Waals surface area contributed by atoms with E-state index in [1.807, 2.05) is 55.5 Å². The highest BCUT2D eigenvalue weighted by Gasteiger charge is 2.28. The maximum Gasteiger partial charge on any atom is 0.242 e. The van der Waals surface area contributed by atoms with Gasteiger partial charge >= 0.3 is 0 Å². The molecule has 1 saturated carbocycles. The molecule has 1 atom stereocenters. The van der Waals surface area contributed by atoms with Gasteiger partial charge in [-0.3, -0.25) is 9.59 Å². The number of amides is 2. The molecule has 0 radical (unpaired) electrons. The third-order valence-corrected chi connectivity index (χ3v) is 7.24. The first-order valence-electron chi connectivity index (χ1n) is 11.5. The van der Waals surface area contributed by atoms with E-state index in [0.717, 1.165) is 42.6 Å². The lowest BCUT2D eigenvalue weighted by Gasteiger charge is -2.31. The van der Waals surface area contributed by atoms with Crippen LogP contribution >= 0.6 is 23.4 Å². The monoisotopic (exact) mass is 488 g/mol. The summed E-state index contributed by atoms with van der Waals surface area (Å²) in [6.45, 7) is 2.20. The van der Waals surface area contributed by atoms with Crippen LogP contribution < -0.4 is 10.1 Å². The van der Waals surface area contributed by atoms with E-state index in [0.29, 0.717) is 23.1 Å². The lowest BCUT2D eigenvalue weighted by molar-refractivity contribution is -0.139. The van der Waals surface area contributed by atoms with Crippen LogP contribution in [0.15, 0.2) is 48.5 Å². The molecule has 1 aliphatic carbocycles. The molecule has 178 valence electrons. The highest BCUT2D eigenvalue weighted by Crippen LogP contribution is 2.21. The molecule has 7 heteroatoms. The standard InChI is InChI=1S/C26H33ClN2O3S/c1-19(26(31)28-23-9-4-3-5-10-23)29(16-20-11-13-24(32-2)14-12-20)25(30)18-33-17-21-7-6-8-22(27)15-21/h6-8,11-15,19,23H,3-5,9-10,16-18H2,1-2H3,(H,28,31)/t19-/m0/s1. The van der Waals surface area contributed by atoms with Gasteiger partial charge < -0.3 is 15.0 Å². The Labute approximate surface area is 206 Å². The van der Waals surface area contributed by atoms with Gasteiger partial charge in [0.25, 0.3) is 0 Å². The summed E-state index contributed by atoms with van der Waals surface area (Å²) in [7, 11) is 1.62. The third kappa shape index (κ3) is 7.97. The van der Waals surface area contributed by atoms with Crippen molar-refractivity contribution in [2.45, 2.75) is 63.4 Å². The molecule has 2 amide bonds. The van der Waals surface area contributed by atoms with E-state index >= 15 is 0 Å². The predicted molar refractivity (Wildman–Crippen MR) is 136 cm³/mol. The highest BCUT2D eigenvalue weighted by atomic mass is 35.5. The summed E-state index contributed by atoms with van der Waals surface area (Å²) in [6, 6.07) is 14.9. The molecule has 0 aliphatic heterocycles. The molecular weight excluding hydrogens is 456 g/mol. The lowest BCUT2D eigenvalue weighted by Crippen LogP contribution is -2.50. The summed E-state index contributed by atoms with van der Waals surface area (Å²) < 4.78 is 5.24. The van der Waals surface area contributed by atoms with Gasteiger partial charge in [0, 0.05) is 23.4 Å². The van der Waals surface area contributed by atoms with Gasteiger partial charge in [-0.05, 0) is 55.2 Å². The average Bonchev–Trinajstić information content (AvgIpc) is 2.83. The molecule has 3 rings (SSSR count). The topological polar surface area (TPSA) is 58.6 Å². The van der Waals surface area contributed by atoms with E-state index < -0.39 is 6.04 Å². The second-order valence-corrected chi connectivity index (χ2v) is 9.93. The Morgan fingerprint density at radius 2 is 1.85 bits per heavy atom. The second-order valence-electron chi connectivity index (χ2n) is 8.51. The number of benzene rings is 2. The Hall–Kier alpha value is -2.18. The molecule has 2 aromatic carbocycles. The number of nitrogens with zero attached hydrogens (tertiary/aromatic N) is 1. The van der Waals surface area contributed by atoms with Crippen molar-refractivity contribution in [3.8, 4) is 5.75 Å². The van der Waals surface area contributed by atoms with Crippen LogP contribution in [0.3, 0.4) is 0 Å². The van der Waals surface area contributed by atoms with E-state index in [2.05, 4.69) is 5.32 Å². The minimum atomic E-state index is -0.548. The molecule has 0 unspecified atom stereocenters. The quantitative estimate of drug-likeness (QED) is 0.483. The molecule has 33 heavy (non-hydrogen) atoms. The van der Waals surface area contributed by atoms with Crippen LogP contribution in [0.5, 0.6) is 5.75 Å². The summed E-state index contributed by atoms with van der Waals surface area (Å²) in [4.78, 5) is 28.0. The van der Waals surface area contributed by atoms with Crippen molar-refractivity contribution in [2.24, 2.45) is 0 Å². The van der Waals surface area contributed by atoms with Crippen molar-refractivity contribution in [1.29, 1.82) is 0 Å². The minimum absolute atomic E-state index is 0.0517. The maximum atomic E-state index is 13.2. The van der Waals surface area contributed by atoms with Gasteiger partial charge in [0.2, 0.25) is 11.8 Å². The second kappa shape index (κ2) is 12.9. The molecular formula is C26H33ClN2O3S. The lowest BCUT2D eigenvalue weighted by atomic mass is 9.95. The van der Waals surface area contributed by atoms with Gasteiger partial charge in [0.05, 0.1) is 12.9 Å². The number of hydrogen-bond donors (Lipinski definition) is 1. The Balaban J connectivity index is 1.65. The highest BCUT2D eigenvalue weighted by molar-refractivity contribution is 7.99. The zero-order chi connectivity index (χ0) is 23.6. The average molecular weight is 489 g/mol.